The second-order valence-corrected chi connectivity index (χ2v) is 7.34. The van der Waals surface area contributed by atoms with Gasteiger partial charge in [0.15, 0.2) is 0 Å². The van der Waals surface area contributed by atoms with Crippen molar-refractivity contribution in [1.29, 1.82) is 0 Å². The van der Waals surface area contributed by atoms with Crippen LogP contribution >= 0.6 is 0 Å². The van der Waals surface area contributed by atoms with Gasteiger partial charge in [0, 0.05) is 11.6 Å². The largest absolute Gasteiger partial charge is 0.309 e. The van der Waals surface area contributed by atoms with Crippen molar-refractivity contribution in [3.8, 4) is 0 Å². The van der Waals surface area contributed by atoms with Gasteiger partial charge in [0.25, 0.3) is 0 Å². The normalized spacial score (nSPS) is 17.2. The number of nitrogens with one attached hydrogen (secondary N) is 1. The first kappa shape index (κ1) is 16.0. The average molecular weight is 227 g/mol. The molecule has 1 nitrogen and oxygen atoms in total. The Morgan fingerprint density at radius 3 is 1.75 bits per heavy atom. The summed E-state index contributed by atoms with van der Waals surface area (Å²) in [4.78, 5) is 0. The standard InChI is InChI=1S/C15H33N/c1-9-13(16-15(6,7)8)11-10-12(2)14(3,4)5/h12-13,16H,9-11H2,1-8H3. The summed E-state index contributed by atoms with van der Waals surface area (Å²) in [6.07, 6.45) is 3.85. The van der Waals surface area contributed by atoms with E-state index in [4.69, 9.17) is 0 Å². The lowest BCUT2D eigenvalue weighted by atomic mass is 9.78. The van der Waals surface area contributed by atoms with Crippen LogP contribution in [0.3, 0.4) is 0 Å². The molecule has 0 aromatic heterocycles. The molecular formula is C15H33N. The first-order valence-electron chi connectivity index (χ1n) is 6.84. The highest BCUT2D eigenvalue weighted by molar-refractivity contribution is 4.79. The van der Waals surface area contributed by atoms with Crippen LogP contribution in [-0.4, -0.2) is 11.6 Å². The molecule has 0 aromatic carbocycles. The highest BCUT2D eigenvalue weighted by Gasteiger charge is 2.22. The van der Waals surface area contributed by atoms with E-state index in [0.717, 1.165) is 5.92 Å². The molecule has 1 N–H and O–H groups in total. The Hall–Kier alpha value is -0.0400. The van der Waals surface area contributed by atoms with Gasteiger partial charge in [-0.25, -0.2) is 0 Å². The maximum Gasteiger partial charge on any atom is 0.00990 e. The summed E-state index contributed by atoms with van der Waals surface area (Å²) in [5, 5.41) is 3.71. The van der Waals surface area contributed by atoms with Crippen molar-refractivity contribution in [2.75, 3.05) is 0 Å². The van der Waals surface area contributed by atoms with Crippen molar-refractivity contribution in [2.45, 2.75) is 86.2 Å². The monoisotopic (exact) mass is 227 g/mol. The summed E-state index contributed by atoms with van der Waals surface area (Å²) < 4.78 is 0. The quantitative estimate of drug-likeness (QED) is 0.723. The fraction of sp³-hybridized carbons (Fsp3) is 1.00. The molecule has 16 heavy (non-hydrogen) atoms. The van der Waals surface area contributed by atoms with Crippen LogP contribution in [0.2, 0.25) is 0 Å². The van der Waals surface area contributed by atoms with Gasteiger partial charge in [-0.2, -0.15) is 0 Å². The highest BCUT2D eigenvalue weighted by Crippen LogP contribution is 2.29. The third kappa shape index (κ3) is 7.27. The molecule has 1 heteroatoms. The molecule has 0 heterocycles. The van der Waals surface area contributed by atoms with E-state index in [0.29, 0.717) is 11.5 Å². The summed E-state index contributed by atoms with van der Waals surface area (Å²) >= 11 is 0. The van der Waals surface area contributed by atoms with Gasteiger partial charge in [-0.3, -0.25) is 0 Å². The second-order valence-electron chi connectivity index (χ2n) is 7.34. The lowest BCUT2D eigenvalue weighted by Crippen LogP contribution is -2.43. The summed E-state index contributed by atoms with van der Waals surface area (Å²) in [6, 6.07) is 0.671. The zero-order valence-electron chi connectivity index (χ0n) is 12.8. The SMILES string of the molecule is CCC(CCC(C)C(C)(C)C)NC(C)(C)C. The van der Waals surface area contributed by atoms with E-state index in [9.17, 15) is 0 Å². The van der Waals surface area contributed by atoms with Crippen LogP contribution in [0.15, 0.2) is 0 Å². The summed E-state index contributed by atoms with van der Waals surface area (Å²) in [6.45, 7) is 18.4. The van der Waals surface area contributed by atoms with Crippen LogP contribution in [0.25, 0.3) is 0 Å². The number of hydrogen-bond donors (Lipinski definition) is 1. The molecule has 0 aromatic rings. The maximum atomic E-state index is 3.71. The zero-order chi connectivity index (χ0) is 13.0. The Morgan fingerprint density at radius 1 is 0.938 bits per heavy atom. The summed E-state index contributed by atoms with van der Waals surface area (Å²) in [5.74, 6) is 0.795. The van der Waals surface area contributed by atoms with E-state index < -0.39 is 0 Å². The Morgan fingerprint density at radius 2 is 1.44 bits per heavy atom. The van der Waals surface area contributed by atoms with E-state index in [2.05, 4.69) is 60.7 Å². The fourth-order valence-electron chi connectivity index (χ4n) is 1.87. The minimum absolute atomic E-state index is 0.242. The molecule has 98 valence electrons. The van der Waals surface area contributed by atoms with Gasteiger partial charge in [0.2, 0.25) is 0 Å². The smallest absolute Gasteiger partial charge is 0.00990 e. The average Bonchev–Trinajstić information content (AvgIpc) is 2.08. The molecular weight excluding hydrogens is 194 g/mol. The Labute approximate surface area is 103 Å². The van der Waals surface area contributed by atoms with E-state index in [-0.39, 0.29) is 5.54 Å². The predicted octanol–water partition coefficient (Wildman–Crippen LogP) is 4.62. The topological polar surface area (TPSA) is 12.0 Å². The molecule has 2 atom stereocenters. The third-order valence-corrected chi connectivity index (χ3v) is 3.56. The first-order chi connectivity index (χ1) is 7.06. The Bertz CT molecular complexity index is 183. The van der Waals surface area contributed by atoms with Crippen molar-refractivity contribution in [3.63, 3.8) is 0 Å². The van der Waals surface area contributed by atoms with Crippen molar-refractivity contribution in [1.82, 2.24) is 5.32 Å². The molecule has 0 bridgehead atoms. The molecule has 0 spiro atoms. The lowest BCUT2D eigenvalue weighted by Gasteiger charge is -2.31. The zero-order valence-corrected chi connectivity index (χ0v) is 12.8. The van der Waals surface area contributed by atoms with E-state index >= 15 is 0 Å². The molecule has 0 aliphatic rings. The molecule has 0 radical (unpaired) electrons. The van der Waals surface area contributed by atoms with Crippen LogP contribution in [0.4, 0.5) is 0 Å². The van der Waals surface area contributed by atoms with Gasteiger partial charge in [0.1, 0.15) is 0 Å². The van der Waals surface area contributed by atoms with Gasteiger partial charge in [0.05, 0.1) is 0 Å². The van der Waals surface area contributed by atoms with E-state index in [1.807, 2.05) is 0 Å². The second kappa shape index (κ2) is 6.05. The van der Waals surface area contributed by atoms with Gasteiger partial charge < -0.3 is 5.32 Å². The molecule has 0 rings (SSSR count). The maximum absolute atomic E-state index is 3.71. The summed E-state index contributed by atoms with van der Waals surface area (Å²) in [7, 11) is 0. The van der Waals surface area contributed by atoms with Crippen molar-refractivity contribution in [2.24, 2.45) is 11.3 Å². The van der Waals surface area contributed by atoms with E-state index in [1.54, 1.807) is 0 Å². The van der Waals surface area contributed by atoms with Gasteiger partial charge >= 0.3 is 0 Å². The molecule has 0 saturated heterocycles. The van der Waals surface area contributed by atoms with Crippen LogP contribution in [0, 0.1) is 11.3 Å². The Kier molecular flexibility index (Phi) is 6.03. The van der Waals surface area contributed by atoms with Crippen LogP contribution in [0.5, 0.6) is 0 Å². The molecule has 0 amide bonds. The molecule has 0 saturated carbocycles. The van der Waals surface area contributed by atoms with Crippen LogP contribution in [0.1, 0.15) is 74.7 Å². The van der Waals surface area contributed by atoms with Crippen LogP contribution in [-0.2, 0) is 0 Å². The minimum atomic E-state index is 0.242. The van der Waals surface area contributed by atoms with Gasteiger partial charge in [-0.1, -0.05) is 34.6 Å². The number of hydrogen-bond acceptors (Lipinski definition) is 1. The highest BCUT2D eigenvalue weighted by atomic mass is 15.0. The summed E-state index contributed by atoms with van der Waals surface area (Å²) in [5.41, 5.74) is 0.686. The van der Waals surface area contributed by atoms with Crippen molar-refractivity contribution in [3.05, 3.63) is 0 Å². The van der Waals surface area contributed by atoms with Gasteiger partial charge in [-0.05, 0) is 51.4 Å². The minimum Gasteiger partial charge on any atom is -0.309 e. The number of rotatable bonds is 5. The Balaban J connectivity index is 4.06. The predicted molar refractivity (Wildman–Crippen MR) is 74.8 cm³/mol. The van der Waals surface area contributed by atoms with Crippen molar-refractivity contribution < 1.29 is 0 Å². The first-order valence-corrected chi connectivity index (χ1v) is 6.84. The van der Waals surface area contributed by atoms with E-state index in [1.165, 1.54) is 19.3 Å². The molecule has 0 aliphatic carbocycles. The van der Waals surface area contributed by atoms with Gasteiger partial charge in [-0.15, -0.1) is 0 Å². The van der Waals surface area contributed by atoms with Crippen molar-refractivity contribution >= 4 is 0 Å². The molecule has 0 aliphatic heterocycles. The third-order valence-electron chi connectivity index (χ3n) is 3.56. The van der Waals surface area contributed by atoms with Crippen LogP contribution < -0.4 is 5.32 Å². The molecule has 0 fully saturated rings. The fourth-order valence-corrected chi connectivity index (χ4v) is 1.87. The lowest BCUT2D eigenvalue weighted by molar-refractivity contribution is 0.225. The molecule has 2 unspecified atom stereocenters.